The number of halogens is 1. The molecule has 0 bridgehead atoms. The first-order chi connectivity index (χ1) is 17.5. The topological polar surface area (TPSA) is 104 Å². The van der Waals surface area contributed by atoms with Gasteiger partial charge in [0.2, 0.25) is 5.75 Å². The van der Waals surface area contributed by atoms with Gasteiger partial charge in [-0.2, -0.15) is 5.26 Å². The number of hydrogen-bond donors (Lipinski definition) is 1. The molecule has 2 aliphatic heterocycles. The number of hydrogen-bond acceptors (Lipinski definition) is 8. The van der Waals surface area contributed by atoms with E-state index in [4.69, 9.17) is 14.7 Å². The maximum atomic E-state index is 14.4. The van der Waals surface area contributed by atoms with Crippen LogP contribution in [0.5, 0.6) is 11.5 Å². The van der Waals surface area contributed by atoms with Gasteiger partial charge in [-0.3, -0.25) is 0 Å². The van der Waals surface area contributed by atoms with Crippen molar-refractivity contribution >= 4 is 23.4 Å². The smallest absolute Gasteiger partial charge is 0.415 e. The van der Waals surface area contributed by atoms with Crippen molar-refractivity contribution in [2.24, 2.45) is 0 Å². The fraction of sp³-hybridized carbons (Fsp3) is 0.308. The molecule has 9 nitrogen and oxygen atoms in total. The maximum Gasteiger partial charge on any atom is 0.415 e. The lowest BCUT2D eigenvalue weighted by atomic mass is 10.0. The average Bonchev–Trinajstić information content (AvgIpc) is 2.91. The molecule has 1 aromatic heterocycles. The van der Waals surface area contributed by atoms with Gasteiger partial charge in [-0.25, -0.2) is 19.2 Å². The normalized spacial score (nSPS) is 15.5. The second-order valence-electron chi connectivity index (χ2n) is 8.75. The number of ether oxygens (including phenoxy) is 2. The van der Waals surface area contributed by atoms with Crippen LogP contribution in [0.15, 0.2) is 48.8 Å². The van der Waals surface area contributed by atoms with Gasteiger partial charge < -0.3 is 24.6 Å². The van der Waals surface area contributed by atoms with E-state index in [1.165, 1.54) is 24.5 Å². The standard InChI is InChI=1S/C26H25FN6O3/c1-17-2-5-20(6-3-17)36-26(34)32-10-8-19(9-11-32)33-12-13-35-23-24(29-16-30-25(23)33)31-22-7-4-18(15-28)14-21(22)27/h2-7,14,16,19H,8-13H2,1H3,(H,29,30,31). The number of carbonyl (C=O) groups is 1. The van der Waals surface area contributed by atoms with Crippen molar-refractivity contribution in [2.45, 2.75) is 25.8 Å². The number of likely N-dealkylation sites (tertiary alicyclic amines) is 1. The van der Waals surface area contributed by atoms with Gasteiger partial charge in [0.05, 0.1) is 23.9 Å². The number of fused-ring (bicyclic) bond motifs is 1. The Hall–Kier alpha value is -4.39. The lowest BCUT2D eigenvalue weighted by Gasteiger charge is -2.41. The highest BCUT2D eigenvalue weighted by molar-refractivity contribution is 5.72. The van der Waals surface area contributed by atoms with Crippen LogP contribution in [0.4, 0.5) is 26.5 Å². The van der Waals surface area contributed by atoms with E-state index in [-0.39, 0.29) is 23.4 Å². The van der Waals surface area contributed by atoms with Gasteiger partial charge in [-0.05, 0) is 50.1 Å². The third-order valence-electron chi connectivity index (χ3n) is 6.38. The summed E-state index contributed by atoms with van der Waals surface area (Å²) in [6.07, 6.45) is 2.56. The number of nitrogens with one attached hydrogen (secondary N) is 1. The molecular weight excluding hydrogens is 463 g/mol. The van der Waals surface area contributed by atoms with E-state index < -0.39 is 5.82 Å². The van der Waals surface area contributed by atoms with Crippen LogP contribution in [-0.4, -0.2) is 53.2 Å². The van der Waals surface area contributed by atoms with Crippen molar-refractivity contribution in [3.63, 3.8) is 0 Å². The van der Waals surface area contributed by atoms with Crippen LogP contribution < -0.4 is 19.7 Å². The van der Waals surface area contributed by atoms with Crippen LogP contribution in [0.3, 0.4) is 0 Å². The Morgan fingerprint density at radius 2 is 1.94 bits per heavy atom. The minimum absolute atomic E-state index is 0.158. The van der Waals surface area contributed by atoms with Crippen molar-refractivity contribution in [2.75, 3.05) is 36.5 Å². The molecule has 0 atom stereocenters. The van der Waals surface area contributed by atoms with Crippen molar-refractivity contribution in [3.05, 3.63) is 65.7 Å². The number of carbonyl (C=O) groups excluding carboxylic acids is 1. The van der Waals surface area contributed by atoms with Crippen molar-refractivity contribution < 1.29 is 18.7 Å². The zero-order valence-corrected chi connectivity index (χ0v) is 19.8. The van der Waals surface area contributed by atoms with Crippen molar-refractivity contribution in [3.8, 4) is 17.6 Å². The van der Waals surface area contributed by atoms with Gasteiger partial charge >= 0.3 is 6.09 Å². The number of nitrogens with zero attached hydrogens (tertiary/aromatic N) is 5. The summed E-state index contributed by atoms with van der Waals surface area (Å²) in [5.41, 5.74) is 1.53. The van der Waals surface area contributed by atoms with Gasteiger partial charge in [-0.1, -0.05) is 17.7 Å². The highest BCUT2D eigenvalue weighted by Gasteiger charge is 2.33. The number of amides is 1. The van der Waals surface area contributed by atoms with Crippen LogP contribution >= 0.6 is 0 Å². The summed E-state index contributed by atoms with van der Waals surface area (Å²) in [6.45, 7) is 4.19. The summed E-state index contributed by atoms with van der Waals surface area (Å²) in [7, 11) is 0. The third-order valence-corrected chi connectivity index (χ3v) is 6.38. The SMILES string of the molecule is Cc1ccc(OC(=O)N2CCC(N3CCOc4c(Nc5ccc(C#N)cc5F)ncnc43)CC2)cc1. The molecule has 1 fully saturated rings. The molecule has 0 spiro atoms. The molecule has 0 aliphatic carbocycles. The molecule has 0 saturated carbocycles. The minimum Gasteiger partial charge on any atom is -0.485 e. The summed E-state index contributed by atoms with van der Waals surface area (Å²) in [6, 6.07) is 13.7. The molecule has 5 rings (SSSR count). The quantitative estimate of drug-likeness (QED) is 0.576. The molecule has 0 radical (unpaired) electrons. The maximum absolute atomic E-state index is 14.4. The number of aryl methyl sites for hydroxylation is 1. The first-order valence-electron chi connectivity index (χ1n) is 11.8. The fourth-order valence-corrected chi connectivity index (χ4v) is 4.44. The molecular formula is C26H25FN6O3. The molecule has 1 saturated heterocycles. The lowest BCUT2D eigenvalue weighted by Crippen LogP contribution is -2.50. The number of rotatable bonds is 4. The Labute approximate surface area is 208 Å². The van der Waals surface area contributed by atoms with E-state index in [9.17, 15) is 9.18 Å². The van der Waals surface area contributed by atoms with E-state index in [1.54, 1.807) is 17.0 Å². The third kappa shape index (κ3) is 4.86. The first kappa shape index (κ1) is 23.4. The van der Waals surface area contributed by atoms with E-state index in [1.807, 2.05) is 25.1 Å². The predicted molar refractivity (Wildman–Crippen MR) is 131 cm³/mol. The molecule has 184 valence electrons. The zero-order valence-electron chi connectivity index (χ0n) is 19.8. The lowest BCUT2D eigenvalue weighted by molar-refractivity contribution is 0.137. The fourth-order valence-electron chi connectivity index (χ4n) is 4.44. The summed E-state index contributed by atoms with van der Waals surface area (Å²) in [5, 5.41) is 11.9. The summed E-state index contributed by atoms with van der Waals surface area (Å²) in [5.74, 6) is 1.42. The van der Waals surface area contributed by atoms with Crippen LogP contribution in [-0.2, 0) is 0 Å². The summed E-state index contributed by atoms with van der Waals surface area (Å²) < 4.78 is 25.8. The Bertz CT molecular complexity index is 1300. The van der Waals surface area contributed by atoms with Crippen LogP contribution in [0.1, 0.15) is 24.0 Å². The van der Waals surface area contributed by atoms with Gasteiger partial charge in [0.25, 0.3) is 0 Å². The molecule has 1 N–H and O–H groups in total. The van der Waals surface area contributed by atoms with Crippen LogP contribution in [0, 0.1) is 24.1 Å². The molecule has 3 heterocycles. The van der Waals surface area contributed by atoms with Crippen molar-refractivity contribution in [1.29, 1.82) is 5.26 Å². The highest BCUT2D eigenvalue weighted by Crippen LogP contribution is 2.39. The average molecular weight is 489 g/mol. The molecule has 2 aliphatic rings. The molecule has 1 amide bonds. The molecule has 36 heavy (non-hydrogen) atoms. The highest BCUT2D eigenvalue weighted by atomic mass is 19.1. The Kier molecular flexibility index (Phi) is 6.54. The van der Waals surface area contributed by atoms with E-state index in [0.29, 0.717) is 49.4 Å². The van der Waals surface area contributed by atoms with E-state index in [0.717, 1.165) is 18.4 Å². The Morgan fingerprint density at radius 3 is 2.67 bits per heavy atom. The van der Waals surface area contributed by atoms with E-state index >= 15 is 0 Å². The molecule has 2 aromatic carbocycles. The number of benzene rings is 2. The summed E-state index contributed by atoms with van der Waals surface area (Å²) >= 11 is 0. The predicted octanol–water partition coefficient (Wildman–Crippen LogP) is 4.40. The summed E-state index contributed by atoms with van der Waals surface area (Å²) in [4.78, 5) is 25.2. The number of aromatic nitrogens is 2. The number of anilines is 3. The second-order valence-corrected chi connectivity index (χ2v) is 8.75. The van der Waals surface area contributed by atoms with Crippen LogP contribution in [0.25, 0.3) is 0 Å². The van der Waals surface area contributed by atoms with Gasteiger partial charge in [0.1, 0.15) is 24.5 Å². The zero-order chi connectivity index (χ0) is 25.1. The molecule has 3 aromatic rings. The Morgan fingerprint density at radius 1 is 1.17 bits per heavy atom. The monoisotopic (exact) mass is 488 g/mol. The van der Waals surface area contributed by atoms with Gasteiger partial charge in [0, 0.05) is 19.1 Å². The van der Waals surface area contributed by atoms with Gasteiger partial charge in [-0.15, -0.1) is 0 Å². The Balaban J connectivity index is 1.26. The number of nitriles is 1. The second kappa shape index (κ2) is 10.1. The molecule has 10 heteroatoms. The first-order valence-corrected chi connectivity index (χ1v) is 11.8. The van der Waals surface area contributed by atoms with Gasteiger partial charge in [0.15, 0.2) is 11.6 Å². The van der Waals surface area contributed by atoms with Crippen molar-refractivity contribution in [1.82, 2.24) is 14.9 Å². The number of piperidine rings is 1. The van der Waals surface area contributed by atoms with E-state index in [2.05, 4.69) is 20.2 Å². The minimum atomic E-state index is -0.557. The van der Waals surface area contributed by atoms with Crippen LogP contribution in [0.2, 0.25) is 0 Å². The largest absolute Gasteiger partial charge is 0.485 e. The molecule has 0 unspecified atom stereocenters.